The van der Waals surface area contributed by atoms with Crippen LogP contribution in [0.4, 0.5) is 4.79 Å². The molecular weight excluding hydrogens is 278 g/mol. The molecule has 1 aromatic rings. The topological polar surface area (TPSA) is 70.2 Å². The minimum absolute atomic E-state index is 0.0984. The molecule has 0 fully saturated rings. The van der Waals surface area contributed by atoms with Crippen LogP contribution in [0.25, 0.3) is 0 Å². The summed E-state index contributed by atoms with van der Waals surface area (Å²) in [5.41, 5.74) is 0.909. The van der Waals surface area contributed by atoms with E-state index in [0.29, 0.717) is 11.6 Å². The van der Waals surface area contributed by atoms with Crippen molar-refractivity contribution in [2.24, 2.45) is 0 Å². The highest BCUT2D eigenvalue weighted by atomic mass is 35.5. The van der Waals surface area contributed by atoms with Crippen LogP contribution in [0.15, 0.2) is 24.3 Å². The smallest absolute Gasteiger partial charge is 0.321 e. The van der Waals surface area contributed by atoms with Gasteiger partial charge in [-0.05, 0) is 32.4 Å². The maximum absolute atomic E-state index is 11.8. The summed E-state index contributed by atoms with van der Waals surface area (Å²) < 4.78 is 0. The van der Waals surface area contributed by atoms with E-state index in [1.165, 1.54) is 0 Å². The van der Waals surface area contributed by atoms with Crippen molar-refractivity contribution in [3.05, 3.63) is 34.9 Å². The standard InChI is InChI=1S/C14H20ClN3O2/c1-4-16-14(20)18-13(19)10(3)17-9(2)11-7-5-6-8-12(11)15/h5-10,17H,4H2,1-3H3,(H2,16,18,19,20)/t9-,10?/m1/s1. The Hall–Kier alpha value is -1.59. The Bertz CT molecular complexity index is 479. The molecule has 1 unspecified atom stereocenters. The van der Waals surface area contributed by atoms with Gasteiger partial charge in [0, 0.05) is 17.6 Å². The molecule has 0 spiro atoms. The fraction of sp³-hybridized carbons (Fsp3) is 0.429. The molecule has 1 aromatic carbocycles. The molecule has 2 atom stereocenters. The van der Waals surface area contributed by atoms with Crippen LogP contribution in [0.1, 0.15) is 32.4 Å². The Kier molecular flexibility index (Phi) is 6.48. The van der Waals surface area contributed by atoms with Crippen LogP contribution in [0, 0.1) is 0 Å². The Balaban J connectivity index is 2.57. The number of carbonyl (C=O) groups is 2. The highest BCUT2D eigenvalue weighted by Crippen LogP contribution is 2.22. The van der Waals surface area contributed by atoms with Crippen LogP contribution in [0.3, 0.4) is 0 Å². The van der Waals surface area contributed by atoms with E-state index in [2.05, 4.69) is 16.0 Å². The van der Waals surface area contributed by atoms with Gasteiger partial charge in [-0.1, -0.05) is 29.8 Å². The first kappa shape index (κ1) is 16.5. The van der Waals surface area contributed by atoms with Crippen LogP contribution in [-0.2, 0) is 4.79 Å². The quantitative estimate of drug-likeness (QED) is 0.780. The summed E-state index contributed by atoms with van der Waals surface area (Å²) in [7, 11) is 0. The zero-order chi connectivity index (χ0) is 15.1. The molecule has 0 aliphatic rings. The number of halogens is 1. The van der Waals surface area contributed by atoms with E-state index in [-0.39, 0.29) is 11.9 Å². The number of rotatable bonds is 5. The summed E-state index contributed by atoms with van der Waals surface area (Å²) >= 11 is 6.10. The second-order valence-corrected chi connectivity index (χ2v) is 4.89. The van der Waals surface area contributed by atoms with Crippen LogP contribution >= 0.6 is 11.6 Å². The molecule has 0 radical (unpaired) electrons. The molecule has 3 N–H and O–H groups in total. The van der Waals surface area contributed by atoms with Crippen LogP contribution < -0.4 is 16.0 Å². The molecular formula is C14H20ClN3O2. The lowest BCUT2D eigenvalue weighted by molar-refractivity contribution is -0.121. The normalized spacial score (nSPS) is 13.4. The maximum Gasteiger partial charge on any atom is 0.321 e. The van der Waals surface area contributed by atoms with Gasteiger partial charge >= 0.3 is 6.03 Å². The van der Waals surface area contributed by atoms with E-state index in [4.69, 9.17) is 11.6 Å². The highest BCUT2D eigenvalue weighted by Gasteiger charge is 2.19. The second kappa shape index (κ2) is 7.87. The first-order valence-corrected chi connectivity index (χ1v) is 6.92. The molecule has 20 heavy (non-hydrogen) atoms. The largest absolute Gasteiger partial charge is 0.338 e. The van der Waals surface area contributed by atoms with Crippen molar-refractivity contribution in [1.29, 1.82) is 0 Å². The van der Waals surface area contributed by atoms with Crippen molar-refractivity contribution < 1.29 is 9.59 Å². The number of nitrogens with one attached hydrogen (secondary N) is 3. The van der Waals surface area contributed by atoms with Gasteiger partial charge < -0.3 is 5.32 Å². The highest BCUT2D eigenvalue weighted by molar-refractivity contribution is 6.31. The van der Waals surface area contributed by atoms with E-state index in [0.717, 1.165) is 5.56 Å². The third-order valence-corrected chi connectivity index (χ3v) is 3.18. The van der Waals surface area contributed by atoms with Crippen LogP contribution in [-0.4, -0.2) is 24.5 Å². The number of amides is 3. The molecule has 0 saturated carbocycles. The summed E-state index contributed by atoms with van der Waals surface area (Å²) in [5, 5.41) is 8.52. The predicted molar refractivity (Wildman–Crippen MR) is 79.7 cm³/mol. The minimum Gasteiger partial charge on any atom is -0.338 e. The number of benzene rings is 1. The number of carbonyl (C=O) groups excluding carboxylic acids is 2. The van der Waals surface area contributed by atoms with E-state index >= 15 is 0 Å². The Labute approximate surface area is 124 Å². The number of urea groups is 1. The SMILES string of the molecule is CCNC(=O)NC(=O)C(C)N[C@H](C)c1ccccc1Cl. The first-order chi connectivity index (χ1) is 9.45. The van der Waals surface area contributed by atoms with Gasteiger partial charge in [0.1, 0.15) is 0 Å². The fourth-order valence-electron chi connectivity index (χ4n) is 1.79. The molecule has 3 amide bonds. The average molecular weight is 298 g/mol. The van der Waals surface area contributed by atoms with Crippen LogP contribution in [0.2, 0.25) is 5.02 Å². The Morgan fingerprint density at radius 3 is 2.50 bits per heavy atom. The van der Waals surface area contributed by atoms with E-state index in [1.54, 1.807) is 19.9 Å². The zero-order valence-electron chi connectivity index (χ0n) is 11.9. The lowest BCUT2D eigenvalue weighted by Gasteiger charge is -2.20. The van der Waals surface area contributed by atoms with Gasteiger partial charge in [0.25, 0.3) is 0 Å². The maximum atomic E-state index is 11.8. The van der Waals surface area contributed by atoms with E-state index in [9.17, 15) is 9.59 Å². The van der Waals surface area contributed by atoms with Crippen molar-refractivity contribution in [2.45, 2.75) is 32.9 Å². The fourth-order valence-corrected chi connectivity index (χ4v) is 2.09. The number of imide groups is 1. The van der Waals surface area contributed by atoms with Crippen molar-refractivity contribution >= 4 is 23.5 Å². The van der Waals surface area contributed by atoms with Crippen molar-refractivity contribution in [2.75, 3.05) is 6.54 Å². The van der Waals surface area contributed by atoms with Crippen molar-refractivity contribution in [3.63, 3.8) is 0 Å². The Morgan fingerprint density at radius 2 is 1.90 bits per heavy atom. The number of hydrogen-bond donors (Lipinski definition) is 3. The lowest BCUT2D eigenvalue weighted by Crippen LogP contribution is -2.48. The van der Waals surface area contributed by atoms with Gasteiger partial charge in [0.05, 0.1) is 6.04 Å². The van der Waals surface area contributed by atoms with Gasteiger partial charge in [-0.3, -0.25) is 15.4 Å². The van der Waals surface area contributed by atoms with Gasteiger partial charge in [-0.2, -0.15) is 0 Å². The molecule has 0 bridgehead atoms. The van der Waals surface area contributed by atoms with Crippen molar-refractivity contribution in [3.8, 4) is 0 Å². The second-order valence-electron chi connectivity index (χ2n) is 4.48. The van der Waals surface area contributed by atoms with E-state index in [1.807, 2.05) is 25.1 Å². The number of hydrogen-bond acceptors (Lipinski definition) is 3. The van der Waals surface area contributed by atoms with Gasteiger partial charge in [-0.15, -0.1) is 0 Å². The van der Waals surface area contributed by atoms with Gasteiger partial charge in [0.2, 0.25) is 5.91 Å². The monoisotopic (exact) mass is 297 g/mol. The summed E-state index contributed by atoms with van der Waals surface area (Å²) in [4.78, 5) is 23.1. The van der Waals surface area contributed by atoms with Crippen LogP contribution in [0.5, 0.6) is 0 Å². The summed E-state index contributed by atoms with van der Waals surface area (Å²) in [5.74, 6) is -0.380. The summed E-state index contributed by atoms with van der Waals surface area (Å²) in [6.45, 7) is 5.86. The first-order valence-electron chi connectivity index (χ1n) is 6.54. The molecule has 0 aromatic heterocycles. The van der Waals surface area contributed by atoms with Gasteiger partial charge in [-0.25, -0.2) is 4.79 Å². The van der Waals surface area contributed by atoms with Gasteiger partial charge in [0.15, 0.2) is 0 Å². The molecule has 0 aliphatic heterocycles. The third-order valence-electron chi connectivity index (χ3n) is 2.84. The zero-order valence-corrected chi connectivity index (χ0v) is 12.6. The molecule has 110 valence electrons. The molecule has 0 saturated heterocycles. The molecule has 0 aliphatic carbocycles. The van der Waals surface area contributed by atoms with Crippen molar-refractivity contribution in [1.82, 2.24) is 16.0 Å². The third kappa shape index (κ3) is 4.83. The van der Waals surface area contributed by atoms with E-state index < -0.39 is 12.1 Å². The minimum atomic E-state index is -0.510. The molecule has 1 rings (SSSR count). The molecule has 0 heterocycles. The average Bonchev–Trinajstić information content (AvgIpc) is 2.39. The predicted octanol–water partition coefficient (Wildman–Crippen LogP) is 2.22. The Morgan fingerprint density at radius 1 is 1.25 bits per heavy atom. The molecule has 6 heteroatoms. The lowest BCUT2D eigenvalue weighted by atomic mass is 10.1. The summed E-state index contributed by atoms with van der Waals surface area (Å²) in [6, 6.07) is 6.34. The molecule has 5 nitrogen and oxygen atoms in total. The summed E-state index contributed by atoms with van der Waals surface area (Å²) in [6.07, 6.45) is 0.